The minimum absolute atomic E-state index is 0.433. The van der Waals surface area contributed by atoms with Crippen LogP contribution in [0.2, 0.25) is 0 Å². The molecule has 0 amide bonds. The van der Waals surface area contributed by atoms with E-state index in [0.717, 1.165) is 19.6 Å². The lowest BCUT2D eigenvalue weighted by atomic mass is 9.90. The molecule has 0 radical (unpaired) electrons. The quantitative estimate of drug-likeness (QED) is 0.869. The van der Waals surface area contributed by atoms with E-state index in [-0.39, 0.29) is 0 Å². The SMILES string of the molecule is CCN(Cc1cnn(CC)c1)C1CCC(N)CC1. The summed E-state index contributed by atoms with van der Waals surface area (Å²) in [4.78, 5) is 2.57. The maximum atomic E-state index is 5.98. The van der Waals surface area contributed by atoms with E-state index in [9.17, 15) is 0 Å². The van der Waals surface area contributed by atoms with Crippen molar-refractivity contribution in [2.24, 2.45) is 5.73 Å². The van der Waals surface area contributed by atoms with Crippen LogP contribution < -0.4 is 5.73 Å². The summed E-state index contributed by atoms with van der Waals surface area (Å²) in [6.45, 7) is 7.45. The molecule has 1 saturated carbocycles. The van der Waals surface area contributed by atoms with Gasteiger partial charge in [-0.3, -0.25) is 9.58 Å². The Morgan fingerprint density at radius 3 is 2.61 bits per heavy atom. The van der Waals surface area contributed by atoms with Crippen molar-refractivity contribution in [2.45, 2.75) is 64.7 Å². The first-order valence-corrected chi connectivity index (χ1v) is 7.23. The van der Waals surface area contributed by atoms with E-state index in [1.807, 2.05) is 10.9 Å². The van der Waals surface area contributed by atoms with Crippen molar-refractivity contribution >= 4 is 0 Å². The number of nitrogens with zero attached hydrogens (tertiary/aromatic N) is 3. The van der Waals surface area contributed by atoms with E-state index in [0.29, 0.717) is 12.1 Å². The fraction of sp³-hybridized carbons (Fsp3) is 0.786. The van der Waals surface area contributed by atoms with E-state index in [4.69, 9.17) is 5.73 Å². The second kappa shape index (κ2) is 6.34. The highest BCUT2D eigenvalue weighted by molar-refractivity contribution is 5.04. The number of rotatable bonds is 5. The zero-order chi connectivity index (χ0) is 13.0. The predicted molar refractivity (Wildman–Crippen MR) is 74.2 cm³/mol. The lowest BCUT2D eigenvalue weighted by molar-refractivity contribution is 0.149. The van der Waals surface area contributed by atoms with Gasteiger partial charge in [0.15, 0.2) is 0 Å². The summed E-state index contributed by atoms with van der Waals surface area (Å²) < 4.78 is 2.00. The second-order valence-electron chi connectivity index (χ2n) is 5.34. The Morgan fingerprint density at radius 1 is 1.33 bits per heavy atom. The first-order chi connectivity index (χ1) is 8.72. The van der Waals surface area contributed by atoms with Crippen molar-refractivity contribution in [3.63, 3.8) is 0 Å². The summed E-state index contributed by atoms with van der Waals surface area (Å²) >= 11 is 0. The lowest BCUT2D eigenvalue weighted by Gasteiger charge is -2.35. The molecule has 0 aromatic carbocycles. The Balaban J connectivity index is 1.92. The summed E-state index contributed by atoms with van der Waals surface area (Å²) in [5, 5.41) is 4.35. The molecule has 18 heavy (non-hydrogen) atoms. The van der Waals surface area contributed by atoms with E-state index < -0.39 is 0 Å². The summed E-state index contributed by atoms with van der Waals surface area (Å²) in [5.74, 6) is 0. The van der Waals surface area contributed by atoms with Crippen LogP contribution in [0.3, 0.4) is 0 Å². The zero-order valence-electron chi connectivity index (χ0n) is 11.7. The highest BCUT2D eigenvalue weighted by Crippen LogP contribution is 2.23. The van der Waals surface area contributed by atoms with E-state index >= 15 is 0 Å². The van der Waals surface area contributed by atoms with Crippen molar-refractivity contribution in [2.75, 3.05) is 6.54 Å². The Kier molecular flexibility index (Phi) is 4.78. The van der Waals surface area contributed by atoms with Crippen molar-refractivity contribution in [1.82, 2.24) is 14.7 Å². The van der Waals surface area contributed by atoms with Crippen LogP contribution >= 0.6 is 0 Å². The molecule has 0 unspecified atom stereocenters. The standard InChI is InChI=1S/C14H26N4/c1-3-17(14-7-5-13(15)6-8-14)10-12-9-16-18(4-2)11-12/h9,11,13-14H,3-8,10,15H2,1-2H3. The predicted octanol–water partition coefficient (Wildman–Crippen LogP) is 1.99. The van der Waals surface area contributed by atoms with Gasteiger partial charge in [0.25, 0.3) is 0 Å². The van der Waals surface area contributed by atoms with Gasteiger partial charge in [-0.05, 0) is 39.2 Å². The number of hydrogen-bond donors (Lipinski definition) is 1. The number of aromatic nitrogens is 2. The van der Waals surface area contributed by atoms with Gasteiger partial charge in [0.2, 0.25) is 0 Å². The van der Waals surface area contributed by atoms with Crippen molar-refractivity contribution in [3.8, 4) is 0 Å². The van der Waals surface area contributed by atoms with Gasteiger partial charge in [0.05, 0.1) is 6.20 Å². The lowest BCUT2D eigenvalue weighted by Crippen LogP contribution is -2.40. The molecule has 2 N–H and O–H groups in total. The molecule has 0 spiro atoms. The average molecular weight is 250 g/mol. The molecule has 1 aliphatic carbocycles. The smallest absolute Gasteiger partial charge is 0.0534 e. The summed E-state index contributed by atoms with van der Waals surface area (Å²) in [6.07, 6.45) is 9.01. The van der Waals surface area contributed by atoms with Crippen LogP contribution in [-0.2, 0) is 13.1 Å². The van der Waals surface area contributed by atoms with E-state index in [1.165, 1.54) is 31.2 Å². The Morgan fingerprint density at radius 2 is 2.06 bits per heavy atom. The fourth-order valence-electron chi connectivity index (χ4n) is 2.86. The molecule has 0 bridgehead atoms. The van der Waals surface area contributed by atoms with Crippen LogP contribution in [-0.4, -0.2) is 33.3 Å². The first-order valence-electron chi connectivity index (χ1n) is 7.23. The van der Waals surface area contributed by atoms with Gasteiger partial charge in [0, 0.05) is 36.9 Å². The minimum atomic E-state index is 0.433. The van der Waals surface area contributed by atoms with Gasteiger partial charge < -0.3 is 5.73 Å². The van der Waals surface area contributed by atoms with Gasteiger partial charge in [-0.15, -0.1) is 0 Å². The molecule has 1 aliphatic rings. The van der Waals surface area contributed by atoms with Gasteiger partial charge in [-0.1, -0.05) is 6.92 Å². The molecule has 4 heteroatoms. The van der Waals surface area contributed by atoms with E-state index in [2.05, 4.69) is 30.0 Å². The third-order valence-electron chi connectivity index (χ3n) is 4.06. The van der Waals surface area contributed by atoms with Crippen molar-refractivity contribution in [3.05, 3.63) is 18.0 Å². The summed E-state index contributed by atoms with van der Waals surface area (Å²) in [5.41, 5.74) is 7.31. The van der Waals surface area contributed by atoms with Gasteiger partial charge in [0.1, 0.15) is 0 Å². The molecule has 1 aromatic rings. The zero-order valence-corrected chi connectivity index (χ0v) is 11.7. The topological polar surface area (TPSA) is 47.1 Å². The maximum Gasteiger partial charge on any atom is 0.0534 e. The highest BCUT2D eigenvalue weighted by Gasteiger charge is 2.23. The van der Waals surface area contributed by atoms with Crippen LogP contribution in [0, 0.1) is 0 Å². The van der Waals surface area contributed by atoms with Crippen molar-refractivity contribution < 1.29 is 0 Å². The molecule has 0 saturated heterocycles. The summed E-state index contributed by atoms with van der Waals surface area (Å²) in [7, 11) is 0. The van der Waals surface area contributed by atoms with Crippen LogP contribution in [0.25, 0.3) is 0 Å². The third kappa shape index (κ3) is 3.33. The normalized spacial score (nSPS) is 24.7. The van der Waals surface area contributed by atoms with Crippen LogP contribution in [0.5, 0.6) is 0 Å². The Hall–Kier alpha value is -0.870. The van der Waals surface area contributed by atoms with Crippen molar-refractivity contribution in [1.29, 1.82) is 0 Å². The summed E-state index contributed by atoms with van der Waals surface area (Å²) in [6, 6.07) is 1.14. The Bertz CT molecular complexity index is 352. The number of aryl methyl sites for hydroxylation is 1. The van der Waals surface area contributed by atoms with Gasteiger partial charge in [-0.25, -0.2) is 0 Å². The van der Waals surface area contributed by atoms with Crippen LogP contribution in [0.15, 0.2) is 12.4 Å². The molecule has 0 aliphatic heterocycles. The molecule has 102 valence electrons. The molecule has 1 heterocycles. The number of hydrogen-bond acceptors (Lipinski definition) is 3. The minimum Gasteiger partial charge on any atom is -0.328 e. The third-order valence-corrected chi connectivity index (χ3v) is 4.06. The van der Waals surface area contributed by atoms with Gasteiger partial charge in [-0.2, -0.15) is 5.10 Å². The average Bonchev–Trinajstić information content (AvgIpc) is 2.85. The molecule has 2 rings (SSSR count). The molecule has 1 fully saturated rings. The molecule has 0 atom stereocenters. The monoisotopic (exact) mass is 250 g/mol. The highest BCUT2D eigenvalue weighted by atomic mass is 15.3. The largest absolute Gasteiger partial charge is 0.328 e. The molecular weight excluding hydrogens is 224 g/mol. The number of nitrogens with two attached hydrogens (primary N) is 1. The molecule has 4 nitrogen and oxygen atoms in total. The van der Waals surface area contributed by atoms with Gasteiger partial charge >= 0.3 is 0 Å². The molecular formula is C14H26N4. The Labute approximate surface area is 110 Å². The second-order valence-corrected chi connectivity index (χ2v) is 5.34. The van der Waals surface area contributed by atoms with E-state index in [1.54, 1.807) is 0 Å². The fourth-order valence-corrected chi connectivity index (χ4v) is 2.86. The molecule has 1 aromatic heterocycles. The van der Waals surface area contributed by atoms with Crippen LogP contribution in [0.4, 0.5) is 0 Å². The maximum absolute atomic E-state index is 5.98. The van der Waals surface area contributed by atoms with Crippen LogP contribution in [0.1, 0.15) is 45.1 Å². The first kappa shape index (κ1) is 13.6.